The molecule has 1 aliphatic rings. The zero-order valence-electron chi connectivity index (χ0n) is 18.6. The van der Waals surface area contributed by atoms with Gasteiger partial charge in [-0.05, 0) is 50.8 Å². The monoisotopic (exact) mass is 518 g/mol. The highest BCUT2D eigenvalue weighted by Crippen LogP contribution is 2.21. The number of morpholine rings is 1. The molecule has 0 aliphatic carbocycles. The molecule has 7 heteroatoms. The molecule has 166 valence electrons. The molecule has 1 aromatic carbocycles. The molecule has 2 N–H and O–H groups in total. The highest BCUT2D eigenvalue weighted by atomic mass is 127. The molecule has 1 fully saturated rings. The summed E-state index contributed by atoms with van der Waals surface area (Å²) in [6.45, 7) is 14.0. The Bertz CT molecular complexity index is 597. The van der Waals surface area contributed by atoms with Gasteiger partial charge in [0.2, 0.25) is 0 Å². The molecule has 1 heterocycles. The molecule has 0 bridgehead atoms. The molecule has 6 nitrogen and oxygen atoms in total. The summed E-state index contributed by atoms with van der Waals surface area (Å²) in [5.41, 5.74) is 1.33. The third-order valence-corrected chi connectivity index (χ3v) is 5.40. The zero-order chi connectivity index (χ0) is 20.4. The number of methoxy groups -OCH3 is 1. The number of ether oxygens (including phenoxy) is 2. The molecule has 1 aromatic rings. The van der Waals surface area contributed by atoms with Crippen LogP contribution in [0.5, 0.6) is 5.75 Å². The highest BCUT2D eigenvalue weighted by molar-refractivity contribution is 14.0. The number of nitrogens with zero attached hydrogens (tertiary/aromatic N) is 2. The lowest BCUT2D eigenvalue weighted by Gasteiger charge is -2.37. The lowest BCUT2D eigenvalue weighted by molar-refractivity contribution is -0.0165. The van der Waals surface area contributed by atoms with Gasteiger partial charge in [0.25, 0.3) is 0 Å². The summed E-state index contributed by atoms with van der Waals surface area (Å²) in [5, 5.41) is 6.84. The summed E-state index contributed by atoms with van der Waals surface area (Å²) in [7, 11) is 1.70. The van der Waals surface area contributed by atoms with E-state index in [0.717, 1.165) is 57.5 Å². The topological polar surface area (TPSA) is 58.1 Å². The van der Waals surface area contributed by atoms with Crippen LogP contribution < -0.4 is 15.4 Å². The third-order valence-electron chi connectivity index (χ3n) is 5.40. The maximum atomic E-state index is 5.54. The van der Waals surface area contributed by atoms with Crippen LogP contribution in [0.2, 0.25) is 0 Å². The number of hydrogen-bond donors (Lipinski definition) is 2. The molecule has 0 spiro atoms. The molecule has 0 amide bonds. The van der Waals surface area contributed by atoms with E-state index in [9.17, 15) is 0 Å². The first-order chi connectivity index (χ1) is 13.5. The van der Waals surface area contributed by atoms with E-state index in [-0.39, 0.29) is 24.0 Å². The Hall–Kier alpha value is -1.06. The Morgan fingerprint density at radius 2 is 2.00 bits per heavy atom. The maximum Gasteiger partial charge on any atom is 0.191 e. The molecule has 1 aliphatic heterocycles. The van der Waals surface area contributed by atoms with Crippen molar-refractivity contribution in [2.45, 2.75) is 52.1 Å². The molecule has 3 atom stereocenters. The summed E-state index contributed by atoms with van der Waals surface area (Å²) >= 11 is 0. The Kier molecular flexibility index (Phi) is 12.6. The largest absolute Gasteiger partial charge is 0.497 e. The number of hydrogen-bond acceptors (Lipinski definition) is 4. The maximum absolute atomic E-state index is 5.54. The van der Waals surface area contributed by atoms with Gasteiger partial charge in [0, 0.05) is 31.7 Å². The van der Waals surface area contributed by atoms with Gasteiger partial charge in [-0.1, -0.05) is 19.1 Å². The van der Waals surface area contributed by atoms with E-state index in [1.54, 1.807) is 7.11 Å². The van der Waals surface area contributed by atoms with Gasteiger partial charge in [-0.3, -0.25) is 9.89 Å². The van der Waals surface area contributed by atoms with Gasteiger partial charge in [-0.2, -0.15) is 0 Å². The molecule has 0 saturated carbocycles. The van der Waals surface area contributed by atoms with E-state index < -0.39 is 0 Å². The molecule has 29 heavy (non-hydrogen) atoms. The van der Waals surface area contributed by atoms with E-state index in [1.807, 2.05) is 12.1 Å². The van der Waals surface area contributed by atoms with Crippen molar-refractivity contribution in [1.82, 2.24) is 15.5 Å². The van der Waals surface area contributed by atoms with Crippen molar-refractivity contribution in [3.8, 4) is 5.75 Å². The SMILES string of the molecule is CCNC(=NCC(C)N1CCOCC1C)NCCC(C)c1ccc(OC)cc1.I. The van der Waals surface area contributed by atoms with Gasteiger partial charge in [0.05, 0.1) is 26.9 Å². The van der Waals surface area contributed by atoms with Crippen molar-refractivity contribution < 1.29 is 9.47 Å². The van der Waals surface area contributed by atoms with Crippen LogP contribution in [0.1, 0.15) is 45.6 Å². The van der Waals surface area contributed by atoms with E-state index >= 15 is 0 Å². The first-order valence-corrected chi connectivity index (χ1v) is 10.5. The van der Waals surface area contributed by atoms with Crippen molar-refractivity contribution in [3.05, 3.63) is 29.8 Å². The number of guanidine groups is 1. The smallest absolute Gasteiger partial charge is 0.191 e. The molecule has 0 radical (unpaired) electrons. The van der Waals surface area contributed by atoms with Crippen LogP contribution >= 0.6 is 24.0 Å². The number of halogens is 1. The zero-order valence-corrected chi connectivity index (χ0v) is 20.9. The fraction of sp³-hybridized carbons (Fsp3) is 0.682. The van der Waals surface area contributed by atoms with Crippen molar-refractivity contribution in [3.63, 3.8) is 0 Å². The van der Waals surface area contributed by atoms with Crippen LogP contribution in [0.15, 0.2) is 29.3 Å². The Morgan fingerprint density at radius 1 is 1.28 bits per heavy atom. The standard InChI is InChI=1S/C22H38N4O2.HI/c1-6-23-22(25-15-18(3)26-13-14-28-16-19(26)4)24-12-11-17(2)20-7-9-21(27-5)10-8-20;/h7-10,17-19H,6,11-16H2,1-5H3,(H2,23,24,25);1H. The second-order valence-corrected chi connectivity index (χ2v) is 7.62. The van der Waals surface area contributed by atoms with Gasteiger partial charge in [0.1, 0.15) is 5.75 Å². The van der Waals surface area contributed by atoms with Gasteiger partial charge in [-0.15, -0.1) is 24.0 Å². The normalized spacial score (nSPS) is 19.8. The minimum absolute atomic E-state index is 0. The quantitative estimate of drug-likeness (QED) is 0.298. The average molecular weight is 518 g/mol. The fourth-order valence-electron chi connectivity index (χ4n) is 3.57. The van der Waals surface area contributed by atoms with Gasteiger partial charge in [0.15, 0.2) is 5.96 Å². The van der Waals surface area contributed by atoms with Crippen LogP contribution in [-0.2, 0) is 4.74 Å². The van der Waals surface area contributed by atoms with Gasteiger partial charge >= 0.3 is 0 Å². The second kappa shape index (κ2) is 14.0. The third kappa shape index (κ3) is 8.68. The van der Waals surface area contributed by atoms with Crippen LogP contribution in [0.4, 0.5) is 0 Å². The predicted molar refractivity (Wildman–Crippen MR) is 132 cm³/mol. The van der Waals surface area contributed by atoms with Crippen molar-refractivity contribution in [2.24, 2.45) is 4.99 Å². The molecule has 2 rings (SSSR count). The van der Waals surface area contributed by atoms with Gasteiger partial charge < -0.3 is 20.1 Å². The van der Waals surface area contributed by atoms with E-state index in [4.69, 9.17) is 14.5 Å². The van der Waals surface area contributed by atoms with Crippen LogP contribution in [0.3, 0.4) is 0 Å². The molecular formula is C22H39IN4O2. The number of benzene rings is 1. The van der Waals surface area contributed by atoms with E-state index in [0.29, 0.717) is 18.0 Å². The van der Waals surface area contributed by atoms with Crippen LogP contribution in [-0.4, -0.2) is 69.4 Å². The van der Waals surface area contributed by atoms with Crippen LogP contribution in [0, 0.1) is 0 Å². The number of rotatable bonds is 9. The van der Waals surface area contributed by atoms with Crippen molar-refractivity contribution in [2.75, 3.05) is 46.5 Å². The Labute approximate surface area is 193 Å². The molecular weight excluding hydrogens is 479 g/mol. The molecule has 3 unspecified atom stereocenters. The predicted octanol–water partition coefficient (Wildman–Crippen LogP) is 3.47. The molecule has 0 aromatic heterocycles. The highest BCUT2D eigenvalue weighted by Gasteiger charge is 2.23. The van der Waals surface area contributed by atoms with Crippen molar-refractivity contribution >= 4 is 29.9 Å². The van der Waals surface area contributed by atoms with E-state index in [2.05, 4.69) is 55.4 Å². The van der Waals surface area contributed by atoms with Crippen LogP contribution in [0.25, 0.3) is 0 Å². The fourth-order valence-corrected chi connectivity index (χ4v) is 3.57. The van der Waals surface area contributed by atoms with E-state index in [1.165, 1.54) is 5.56 Å². The number of nitrogens with one attached hydrogen (secondary N) is 2. The first kappa shape index (κ1) is 26.0. The summed E-state index contributed by atoms with van der Waals surface area (Å²) in [5.74, 6) is 2.28. The average Bonchev–Trinajstić information content (AvgIpc) is 2.72. The lowest BCUT2D eigenvalue weighted by atomic mass is 9.98. The first-order valence-electron chi connectivity index (χ1n) is 10.5. The van der Waals surface area contributed by atoms with Gasteiger partial charge in [-0.25, -0.2) is 0 Å². The lowest BCUT2D eigenvalue weighted by Crippen LogP contribution is -2.49. The second-order valence-electron chi connectivity index (χ2n) is 7.62. The Morgan fingerprint density at radius 3 is 2.62 bits per heavy atom. The summed E-state index contributed by atoms with van der Waals surface area (Å²) < 4.78 is 10.8. The van der Waals surface area contributed by atoms with Crippen molar-refractivity contribution in [1.29, 1.82) is 0 Å². The Balaban J connectivity index is 0.00000420. The minimum Gasteiger partial charge on any atom is -0.497 e. The molecule has 1 saturated heterocycles. The minimum atomic E-state index is 0. The summed E-state index contributed by atoms with van der Waals surface area (Å²) in [6, 6.07) is 9.21. The summed E-state index contributed by atoms with van der Waals surface area (Å²) in [4.78, 5) is 7.30. The summed E-state index contributed by atoms with van der Waals surface area (Å²) in [6.07, 6.45) is 1.05. The number of aliphatic imine (C=N–C) groups is 1.